The third kappa shape index (κ3) is 6.65. The number of fused-ring (bicyclic) bond motifs is 1. The summed E-state index contributed by atoms with van der Waals surface area (Å²) in [7, 11) is 1.59. The molecule has 2 aromatic rings. The number of nitrogens with zero attached hydrogens (tertiary/aromatic N) is 3. The van der Waals surface area contributed by atoms with Gasteiger partial charge in [-0.05, 0) is 31.3 Å². The Labute approximate surface area is 222 Å². The number of thiazole rings is 1. The molecule has 0 aromatic carbocycles. The summed E-state index contributed by atoms with van der Waals surface area (Å²) in [5.41, 5.74) is 3.04. The number of nitrogens with one attached hydrogen (secondary N) is 1. The van der Waals surface area contributed by atoms with Crippen LogP contribution in [0.15, 0.2) is 24.4 Å². The van der Waals surface area contributed by atoms with Gasteiger partial charge in [0.05, 0.1) is 31.6 Å². The highest BCUT2D eigenvalue weighted by atomic mass is 32.1. The van der Waals surface area contributed by atoms with E-state index in [0.29, 0.717) is 41.9 Å². The number of aromatic nitrogens is 2. The number of carboxylic acids is 2. The number of pyridine rings is 1. The van der Waals surface area contributed by atoms with Gasteiger partial charge in [0.1, 0.15) is 5.52 Å². The maximum Gasteiger partial charge on any atom is 0.328 e. The zero-order valence-electron chi connectivity index (χ0n) is 21.0. The Morgan fingerprint density at radius 1 is 1.18 bits per heavy atom. The molecule has 2 aromatic heterocycles. The van der Waals surface area contributed by atoms with E-state index in [-0.39, 0.29) is 11.4 Å². The van der Waals surface area contributed by atoms with Crippen molar-refractivity contribution < 1.29 is 38.8 Å². The summed E-state index contributed by atoms with van der Waals surface area (Å²) in [6, 6.07) is -0.102. The number of urea groups is 1. The fraction of sp³-hybridized carbons (Fsp3) is 0.480. The van der Waals surface area contributed by atoms with Crippen LogP contribution in [-0.2, 0) is 19.1 Å². The van der Waals surface area contributed by atoms with Gasteiger partial charge in [-0.15, -0.1) is 0 Å². The van der Waals surface area contributed by atoms with E-state index in [1.165, 1.54) is 16.9 Å². The number of hydrogen-bond acceptors (Lipinski definition) is 9. The molecule has 3 aliphatic heterocycles. The Bertz CT molecular complexity index is 1240. The van der Waals surface area contributed by atoms with Crippen LogP contribution >= 0.6 is 11.3 Å². The summed E-state index contributed by atoms with van der Waals surface area (Å²) in [4.78, 5) is 43.0. The molecule has 0 unspecified atom stereocenters. The normalized spacial score (nSPS) is 21.2. The van der Waals surface area contributed by atoms with Crippen molar-refractivity contribution in [3.8, 4) is 5.88 Å². The summed E-state index contributed by atoms with van der Waals surface area (Å²) in [6.45, 7) is 4.38. The van der Waals surface area contributed by atoms with E-state index in [1.54, 1.807) is 7.11 Å². The molecule has 3 aliphatic rings. The van der Waals surface area contributed by atoms with E-state index in [2.05, 4.69) is 21.4 Å². The van der Waals surface area contributed by atoms with Crippen molar-refractivity contribution in [1.82, 2.24) is 14.9 Å². The van der Waals surface area contributed by atoms with Gasteiger partial charge in [-0.3, -0.25) is 5.32 Å². The zero-order chi connectivity index (χ0) is 27.1. The molecule has 0 aliphatic carbocycles. The van der Waals surface area contributed by atoms with Crippen LogP contribution in [0.5, 0.6) is 5.88 Å². The molecule has 204 valence electrons. The summed E-state index contributed by atoms with van der Waals surface area (Å²) >= 11 is 1.47. The van der Waals surface area contributed by atoms with Crippen LogP contribution in [0.1, 0.15) is 31.2 Å². The van der Waals surface area contributed by atoms with Gasteiger partial charge in [0.2, 0.25) is 5.88 Å². The van der Waals surface area contributed by atoms with Crippen LogP contribution in [0.3, 0.4) is 0 Å². The number of ether oxygens (including phenoxy) is 3. The minimum Gasteiger partial charge on any atom is -0.479 e. The average Bonchev–Trinajstić information content (AvgIpc) is 3.52. The second-order valence-electron chi connectivity index (χ2n) is 9.20. The van der Waals surface area contributed by atoms with E-state index < -0.39 is 11.9 Å². The SMILES string of the molecule is COc1ncc(C2=CCOCC2)c2sc(NC(=O)N3CC[C@@]4(CCCOC4)C3)nc12.O=C(O)/C=C/C(=O)O. The van der Waals surface area contributed by atoms with E-state index in [0.717, 1.165) is 62.2 Å². The monoisotopic (exact) mass is 546 g/mol. The van der Waals surface area contributed by atoms with Crippen LogP contribution in [0.2, 0.25) is 0 Å². The Hall–Kier alpha value is -3.55. The van der Waals surface area contributed by atoms with Crippen LogP contribution in [0.4, 0.5) is 9.93 Å². The molecule has 5 rings (SSSR count). The largest absolute Gasteiger partial charge is 0.479 e. The topological polar surface area (TPSA) is 160 Å². The van der Waals surface area contributed by atoms with Gasteiger partial charge in [-0.1, -0.05) is 17.4 Å². The van der Waals surface area contributed by atoms with Gasteiger partial charge < -0.3 is 29.3 Å². The van der Waals surface area contributed by atoms with Crippen LogP contribution in [-0.4, -0.2) is 89.7 Å². The first-order valence-corrected chi connectivity index (χ1v) is 13.0. The summed E-state index contributed by atoms with van der Waals surface area (Å²) in [5, 5.41) is 19.2. The van der Waals surface area contributed by atoms with Gasteiger partial charge in [-0.2, -0.15) is 0 Å². The first kappa shape index (κ1) is 27.5. The number of hydrogen-bond donors (Lipinski definition) is 3. The van der Waals surface area contributed by atoms with Gasteiger partial charge in [0, 0.05) is 49.0 Å². The summed E-state index contributed by atoms with van der Waals surface area (Å²) in [6.07, 6.45) is 9.06. The summed E-state index contributed by atoms with van der Waals surface area (Å²) in [5.74, 6) is -2.04. The molecule has 12 nitrogen and oxygen atoms in total. The summed E-state index contributed by atoms with van der Waals surface area (Å²) < 4.78 is 17.5. The third-order valence-electron chi connectivity index (χ3n) is 6.60. The zero-order valence-corrected chi connectivity index (χ0v) is 21.8. The Morgan fingerprint density at radius 2 is 1.97 bits per heavy atom. The molecule has 13 heteroatoms. The van der Waals surface area contributed by atoms with Crippen LogP contribution < -0.4 is 10.1 Å². The highest BCUT2D eigenvalue weighted by molar-refractivity contribution is 7.22. The minimum atomic E-state index is -1.26. The van der Waals surface area contributed by atoms with Gasteiger partial charge in [0.15, 0.2) is 5.13 Å². The predicted molar refractivity (Wildman–Crippen MR) is 139 cm³/mol. The molecule has 1 atom stereocenters. The predicted octanol–water partition coefficient (Wildman–Crippen LogP) is 3.25. The van der Waals surface area contributed by atoms with Crippen molar-refractivity contribution in [3.05, 3.63) is 30.0 Å². The molecule has 2 fully saturated rings. The Kier molecular flexibility index (Phi) is 8.92. The van der Waals surface area contributed by atoms with Crippen molar-refractivity contribution in [2.45, 2.75) is 25.7 Å². The molecule has 2 amide bonds. The number of aliphatic carboxylic acids is 2. The van der Waals surface area contributed by atoms with Crippen LogP contribution in [0.25, 0.3) is 15.8 Å². The fourth-order valence-corrected chi connectivity index (χ4v) is 5.74. The van der Waals surface area contributed by atoms with E-state index in [9.17, 15) is 14.4 Å². The quantitative estimate of drug-likeness (QED) is 0.475. The van der Waals surface area contributed by atoms with Crippen molar-refractivity contribution in [3.63, 3.8) is 0 Å². The number of carbonyl (C=O) groups is 3. The number of methoxy groups -OCH3 is 1. The lowest BCUT2D eigenvalue weighted by Gasteiger charge is -2.32. The van der Waals surface area contributed by atoms with Crippen molar-refractivity contribution in [1.29, 1.82) is 0 Å². The Balaban J connectivity index is 0.000000368. The van der Waals surface area contributed by atoms with Crippen molar-refractivity contribution in [2.24, 2.45) is 5.41 Å². The fourth-order valence-electron chi connectivity index (χ4n) is 4.75. The highest BCUT2D eigenvalue weighted by Crippen LogP contribution is 2.40. The first-order valence-electron chi connectivity index (χ1n) is 12.2. The molecular weight excluding hydrogens is 516 g/mol. The lowest BCUT2D eigenvalue weighted by molar-refractivity contribution is -0.134. The van der Waals surface area contributed by atoms with Crippen molar-refractivity contribution >= 4 is 50.2 Å². The minimum absolute atomic E-state index is 0.102. The highest BCUT2D eigenvalue weighted by Gasteiger charge is 2.41. The van der Waals surface area contributed by atoms with Crippen molar-refractivity contribution in [2.75, 3.05) is 51.9 Å². The molecule has 5 heterocycles. The molecule has 0 radical (unpaired) electrons. The molecule has 38 heavy (non-hydrogen) atoms. The number of amides is 2. The lowest BCUT2D eigenvalue weighted by atomic mass is 9.82. The maximum absolute atomic E-state index is 12.9. The standard InChI is InChI=1S/C21H26N4O4S.C4H4O4/c1-27-18-16-17(15(11-22-18)14-3-9-28-10-4-14)30-19(23-16)24-20(26)25-7-6-21(12-25)5-2-8-29-13-21;5-3(6)1-2-4(7)8/h3,11H,2,4-10,12-13H2,1H3,(H,23,24,26);1-2H,(H,5,6)(H,7,8)/b;2-1+/t21-;/m0./s1. The molecule has 0 saturated carbocycles. The molecule has 3 N–H and O–H groups in total. The number of rotatable bonds is 5. The van der Waals surface area contributed by atoms with Crippen LogP contribution in [0, 0.1) is 5.41 Å². The lowest BCUT2D eigenvalue weighted by Crippen LogP contribution is -2.38. The molecule has 2 saturated heterocycles. The second-order valence-corrected chi connectivity index (χ2v) is 10.2. The number of carbonyl (C=O) groups excluding carboxylic acids is 1. The van der Waals surface area contributed by atoms with E-state index >= 15 is 0 Å². The number of carboxylic acid groups (broad SMARTS) is 2. The average molecular weight is 547 g/mol. The number of likely N-dealkylation sites (tertiary alicyclic amines) is 1. The van der Waals surface area contributed by atoms with Gasteiger partial charge in [-0.25, -0.2) is 24.4 Å². The Morgan fingerprint density at radius 3 is 2.61 bits per heavy atom. The van der Waals surface area contributed by atoms with E-state index in [4.69, 9.17) is 24.4 Å². The smallest absolute Gasteiger partial charge is 0.328 e. The second kappa shape index (κ2) is 12.3. The van der Waals surface area contributed by atoms with Gasteiger partial charge >= 0.3 is 18.0 Å². The maximum atomic E-state index is 12.9. The molecular formula is C25H30N4O8S. The van der Waals surface area contributed by atoms with Gasteiger partial charge in [0.25, 0.3) is 0 Å². The molecule has 0 bridgehead atoms. The first-order chi connectivity index (χ1) is 18.3. The van der Waals surface area contributed by atoms with E-state index in [1.807, 2.05) is 11.1 Å². The number of anilines is 1. The molecule has 1 spiro atoms. The third-order valence-corrected chi connectivity index (χ3v) is 7.60.